The first-order valence-electron chi connectivity index (χ1n) is 1.59. The van der Waals surface area contributed by atoms with Crippen LogP contribution in [0.2, 0.25) is 0 Å². The summed E-state index contributed by atoms with van der Waals surface area (Å²) in [4.78, 5) is 0. The summed E-state index contributed by atoms with van der Waals surface area (Å²) in [5, 5.41) is 0. The maximum Gasteiger partial charge on any atom is 0.0404 e. The van der Waals surface area contributed by atoms with Crippen LogP contribution >= 0.6 is 36.4 Å². The topological polar surface area (TPSA) is 0 Å². The van der Waals surface area contributed by atoms with Crippen LogP contribution in [0.5, 0.6) is 0 Å². The predicted molar refractivity (Wildman–Crippen MR) is 40.0 cm³/mol. The van der Waals surface area contributed by atoms with E-state index in [0.717, 1.165) is 0 Å². The Hall–Kier alpha value is 0.610. The summed E-state index contributed by atoms with van der Waals surface area (Å²) < 4.78 is 0. The average molecular weight is 163 g/mol. The number of hydrogen-bond donors (Lipinski definition) is 0. The summed E-state index contributed by atoms with van der Waals surface area (Å²) >= 11 is 5.21. The van der Waals surface area contributed by atoms with Crippen LogP contribution in [-0.4, -0.2) is 5.88 Å². The molecule has 0 fully saturated rings. The fourth-order valence-corrected chi connectivity index (χ4v) is 0.267. The number of alkyl halides is 1. The molecule has 0 aromatic heterocycles. The summed E-state index contributed by atoms with van der Waals surface area (Å²) in [6.07, 6.45) is 3.81. The molecule has 0 atom stereocenters. The van der Waals surface area contributed by atoms with Gasteiger partial charge in [0.1, 0.15) is 0 Å². The van der Waals surface area contributed by atoms with E-state index in [4.69, 9.17) is 11.6 Å². The molecular formula is C4H9Cl3. The molecule has 0 N–H and O–H groups in total. The molecule has 0 aliphatic rings. The van der Waals surface area contributed by atoms with Crippen LogP contribution in [-0.2, 0) is 0 Å². The monoisotopic (exact) mass is 162 g/mol. The molecule has 0 spiro atoms. The lowest BCUT2D eigenvalue weighted by Gasteiger charge is -1.63. The van der Waals surface area contributed by atoms with E-state index in [2.05, 4.69) is 0 Å². The maximum atomic E-state index is 5.21. The van der Waals surface area contributed by atoms with Crippen molar-refractivity contribution in [2.75, 3.05) is 5.88 Å². The van der Waals surface area contributed by atoms with Gasteiger partial charge in [0, 0.05) is 5.88 Å². The fraction of sp³-hybridized carbons (Fsp3) is 0.500. The van der Waals surface area contributed by atoms with Crippen LogP contribution < -0.4 is 0 Å². The molecule has 0 aliphatic carbocycles. The van der Waals surface area contributed by atoms with E-state index in [1.165, 1.54) is 0 Å². The Kier molecular flexibility index (Phi) is 35.7. The fourth-order valence-electron chi connectivity index (χ4n) is 0.0891. The van der Waals surface area contributed by atoms with Crippen molar-refractivity contribution < 1.29 is 0 Å². The Morgan fingerprint density at radius 1 is 1.43 bits per heavy atom. The highest BCUT2D eigenvalue weighted by Gasteiger charge is 1.54. The SMILES string of the molecule is CC=CCCl.Cl.Cl. The van der Waals surface area contributed by atoms with Crippen LogP contribution in [0.1, 0.15) is 6.92 Å². The minimum atomic E-state index is 0. The van der Waals surface area contributed by atoms with Crippen LogP contribution in [0.15, 0.2) is 12.2 Å². The smallest absolute Gasteiger partial charge is 0.0404 e. The van der Waals surface area contributed by atoms with Crippen molar-refractivity contribution in [2.24, 2.45) is 0 Å². The van der Waals surface area contributed by atoms with E-state index in [0.29, 0.717) is 5.88 Å². The van der Waals surface area contributed by atoms with Crippen LogP contribution in [0.4, 0.5) is 0 Å². The lowest BCUT2D eigenvalue weighted by molar-refractivity contribution is 1.65. The van der Waals surface area contributed by atoms with Crippen molar-refractivity contribution in [2.45, 2.75) is 6.92 Å². The van der Waals surface area contributed by atoms with Crippen LogP contribution in [0, 0.1) is 0 Å². The lowest BCUT2D eigenvalue weighted by Crippen LogP contribution is -1.50. The van der Waals surface area contributed by atoms with Gasteiger partial charge >= 0.3 is 0 Å². The molecule has 0 aromatic rings. The third-order valence-electron chi connectivity index (χ3n) is 0.325. The molecule has 0 aliphatic heterocycles. The zero-order valence-electron chi connectivity index (χ0n) is 4.06. The van der Waals surface area contributed by atoms with E-state index in [1.807, 2.05) is 19.1 Å². The van der Waals surface area contributed by atoms with Crippen molar-refractivity contribution in [1.82, 2.24) is 0 Å². The molecule has 0 unspecified atom stereocenters. The molecule has 3 heteroatoms. The highest BCUT2D eigenvalue weighted by Crippen LogP contribution is 1.73. The van der Waals surface area contributed by atoms with Crippen LogP contribution in [0.25, 0.3) is 0 Å². The predicted octanol–water partition coefficient (Wildman–Crippen LogP) is 2.64. The number of hydrogen-bond acceptors (Lipinski definition) is 0. The zero-order valence-corrected chi connectivity index (χ0v) is 6.45. The molecule has 0 heterocycles. The first-order valence-corrected chi connectivity index (χ1v) is 2.12. The molecule has 0 aromatic carbocycles. The maximum absolute atomic E-state index is 5.21. The molecule has 0 rings (SSSR count). The van der Waals surface area contributed by atoms with Gasteiger partial charge in [0.15, 0.2) is 0 Å². The van der Waals surface area contributed by atoms with Crippen LogP contribution in [0.3, 0.4) is 0 Å². The van der Waals surface area contributed by atoms with Gasteiger partial charge in [0.2, 0.25) is 0 Å². The Morgan fingerprint density at radius 2 is 1.86 bits per heavy atom. The first kappa shape index (κ1) is 15.6. The quantitative estimate of drug-likeness (QED) is 0.412. The Balaban J connectivity index is -0.0000000800. The Bertz CT molecular complexity index is 33.9. The van der Waals surface area contributed by atoms with Crippen molar-refractivity contribution in [3.8, 4) is 0 Å². The van der Waals surface area contributed by atoms with E-state index in [1.54, 1.807) is 0 Å². The molecule has 7 heavy (non-hydrogen) atoms. The second kappa shape index (κ2) is 16.0. The number of allylic oxidation sites excluding steroid dienone is 2. The van der Waals surface area contributed by atoms with E-state index >= 15 is 0 Å². The van der Waals surface area contributed by atoms with Gasteiger partial charge in [-0.25, -0.2) is 0 Å². The molecule has 46 valence electrons. The van der Waals surface area contributed by atoms with Crippen molar-refractivity contribution in [3.05, 3.63) is 12.2 Å². The number of halogens is 3. The molecule has 0 bridgehead atoms. The zero-order chi connectivity index (χ0) is 4.12. The summed E-state index contributed by atoms with van der Waals surface area (Å²) in [5.74, 6) is 0.635. The summed E-state index contributed by atoms with van der Waals surface area (Å²) in [6.45, 7) is 1.95. The van der Waals surface area contributed by atoms with Gasteiger partial charge < -0.3 is 0 Å². The summed E-state index contributed by atoms with van der Waals surface area (Å²) in [6, 6.07) is 0. The van der Waals surface area contributed by atoms with Gasteiger partial charge in [-0.15, -0.1) is 36.4 Å². The standard InChI is InChI=1S/C4H7Cl.2ClH/c1-2-3-4-5;;/h2-3H,4H2,1H3;2*1H. The van der Waals surface area contributed by atoms with Crippen molar-refractivity contribution in [1.29, 1.82) is 0 Å². The third-order valence-corrected chi connectivity index (χ3v) is 0.503. The van der Waals surface area contributed by atoms with Gasteiger partial charge in [-0.3, -0.25) is 0 Å². The minimum Gasteiger partial charge on any atom is -0.147 e. The molecule has 0 amide bonds. The number of rotatable bonds is 1. The average Bonchev–Trinajstić information content (AvgIpc) is 1.41. The van der Waals surface area contributed by atoms with Gasteiger partial charge in [0.25, 0.3) is 0 Å². The van der Waals surface area contributed by atoms with E-state index in [9.17, 15) is 0 Å². The van der Waals surface area contributed by atoms with Crippen molar-refractivity contribution in [3.63, 3.8) is 0 Å². The van der Waals surface area contributed by atoms with Gasteiger partial charge in [-0.05, 0) is 6.92 Å². The van der Waals surface area contributed by atoms with Gasteiger partial charge in [0.05, 0.1) is 0 Å². The van der Waals surface area contributed by atoms with Gasteiger partial charge in [-0.1, -0.05) is 12.2 Å². The van der Waals surface area contributed by atoms with E-state index in [-0.39, 0.29) is 24.8 Å². The molecular weight excluding hydrogens is 154 g/mol. The third kappa shape index (κ3) is 20.6. The highest BCUT2D eigenvalue weighted by molar-refractivity contribution is 6.18. The van der Waals surface area contributed by atoms with Crippen molar-refractivity contribution >= 4 is 36.4 Å². The second-order valence-corrected chi connectivity index (χ2v) is 1.03. The summed E-state index contributed by atoms with van der Waals surface area (Å²) in [5.41, 5.74) is 0. The molecule has 0 radical (unpaired) electrons. The Morgan fingerprint density at radius 3 is 1.86 bits per heavy atom. The lowest BCUT2D eigenvalue weighted by atomic mass is 10.6. The summed E-state index contributed by atoms with van der Waals surface area (Å²) in [7, 11) is 0. The largest absolute Gasteiger partial charge is 0.147 e. The molecule has 0 saturated carbocycles. The molecule has 0 nitrogen and oxygen atoms in total. The van der Waals surface area contributed by atoms with E-state index < -0.39 is 0 Å². The minimum absolute atomic E-state index is 0. The Labute approximate surface area is 61.8 Å². The second-order valence-electron chi connectivity index (χ2n) is 0.723. The normalized spacial score (nSPS) is 7.14. The molecule has 0 saturated heterocycles. The van der Waals surface area contributed by atoms with Gasteiger partial charge in [-0.2, -0.15) is 0 Å². The first-order chi connectivity index (χ1) is 2.41. The highest BCUT2D eigenvalue weighted by atomic mass is 35.5.